The molecule has 102 valence electrons. The molecular formula is C15H32N2. The SMILES string of the molecule is CCCN(C)CC1CCCC(C)(C)C1NCC. The fourth-order valence-corrected chi connectivity index (χ4v) is 3.51. The predicted molar refractivity (Wildman–Crippen MR) is 76.4 cm³/mol. The molecule has 0 aromatic heterocycles. The maximum atomic E-state index is 3.75. The van der Waals surface area contributed by atoms with Gasteiger partial charge in [0, 0.05) is 12.6 Å². The first kappa shape index (κ1) is 15.0. The van der Waals surface area contributed by atoms with Gasteiger partial charge in [-0.15, -0.1) is 0 Å². The van der Waals surface area contributed by atoms with Crippen molar-refractivity contribution < 1.29 is 0 Å². The highest BCUT2D eigenvalue weighted by Gasteiger charge is 2.38. The minimum atomic E-state index is 0.464. The standard InChI is InChI=1S/C15H32N2/c1-6-11-17(5)12-13-9-8-10-15(3,4)14(13)16-7-2/h13-14,16H,6-12H2,1-5H3. The van der Waals surface area contributed by atoms with E-state index in [1.54, 1.807) is 0 Å². The summed E-state index contributed by atoms with van der Waals surface area (Å²) in [7, 11) is 2.27. The second-order valence-electron chi connectivity index (χ2n) is 6.44. The van der Waals surface area contributed by atoms with E-state index in [0.717, 1.165) is 12.5 Å². The van der Waals surface area contributed by atoms with Crippen molar-refractivity contribution in [2.75, 3.05) is 26.7 Å². The van der Waals surface area contributed by atoms with Crippen molar-refractivity contribution >= 4 is 0 Å². The first-order valence-corrected chi connectivity index (χ1v) is 7.43. The minimum Gasteiger partial charge on any atom is -0.313 e. The number of hydrogen-bond acceptors (Lipinski definition) is 2. The third-order valence-electron chi connectivity index (χ3n) is 4.28. The molecule has 0 aliphatic heterocycles. The van der Waals surface area contributed by atoms with Gasteiger partial charge in [-0.2, -0.15) is 0 Å². The van der Waals surface area contributed by atoms with Gasteiger partial charge in [0.15, 0.2) is 0 Å². The molecule has 2 unspecified atom stereocenters. The van der Waals surface area contributed by atoms with E-state index in [4.69, 9.17) is 0 Å². The van der Waals surface area contributed by atoms with Crippen molar-refractivity contribution in [2.45, 2.75) is 59.4 Å². The Morgan fingerprint density at radius 2 is 2.00 bits per heavy atom. The molecule has 1 aliphatic rings. The first-order chi connectivity index (χ1) is 8.01. The number of hydrogen-bond donors (Lipinski definition) is 1. The second kappa shape index (κ2) is 6.75. The quantitative estimate of drug-likeness (QED) is 0.767. The fourth-order valence-electron chi connectivity index (χ4n) is 3.51. The van der Waals surface area contributed by atoms with Crippen LogP contribution in [-0.4, -0.2) is 37.6 Å². The van der Waals surface area contributed by atoms with E-state index < -0.39 is 0 Å². The summed E-state index contributed by atoms with van der Waals surface area (Å²) in [5, 5.41) is 3.75. The lowest BCUT2D eigenvalue weighted by atomic mass is 9.67. The Morgan fingerprint density at radius 1 is 1.29 bits per heavy atom. The Kier molecular flexibility index (Phi) is 5.94. The molecule has 0 spiro atoms. The monoisotopic (exact) mass is 240 g/mol. The van der Waals surface area contributed by atoms with Gasteiger partial charge < -0.3 is 10.2 Å². The summed E-state index contributed by atoms with van der Waals surface area (Å²) < 4.78 is 0. The van der Waals surface area contributed by atoms with E-state index in [-0.39, 0.29) is 0 Å². The van der Waals surface area contributed by atoms with Crippen LogP contribution in [-0.2, 0) is 0 Å². The van der Waals surface area contributed by atoms with Crippen LogP contribution < -0.4 is 5.32 Å². The molecule has 17 heavy (non-hydrogen) atoms. The van der Waals surface area contributed by atoms with E-state index in [9.17, 15) is 0 Å². The highest BCUT2D eigenvalue weighted by molar-refractivity contribution is 4.94. The molecule has 0 aromatic carbocycles. The summed E-state index contributed by atoms with van der Waals surface area (Å²) in [4.78, 5) is 2.51. The topological polar surface area (TPSA) is 15.3 Å². The number of rotatable bonds is 6. The number of nitrogens with one attached hydrogen (secondary N) is 1. The van der Waals surface area contributed by atoms with Crippen LogP contribution in [0.25, 0.3) is 0 Å². The molecule has 0 amide bonds. The summed E-state index contributed by atoms with van der Waals surface area (Å²) in [6.07, 6.45) is 5.44. The first-order valence-electron chi connectivity index (χ1n) is 7.43. The van der Waals surface area contributed by atoms with Crippen LogP contribution in [0.3, 0.4) is 0 Å². The third-order valence-corrected chi connectivity index (χ3v) is 4.28. The summed E-state index contributed by atoms with van der Waals surface area (Å²) in [5.41, 5.74) is 0.464. The van der Waals surface area contributed by atoms with Gasteiger partial charge in [-0.25, -0.2) is 0 Å². The molecule has 1 fully saturated rings. The van der Waals surface area contributed by atoms with Crippen molar-refractivity contribution in [2.24, 2.45) is 11.3 Å². The van der Waals surface area contributed by atoms with Gasteiger partial charge in [0.25, 0.3) is 0 Å². The van der Waals surface area contributed by atoms with Gasteiger partial charge in [-0.1, -0.05) is 34.1 Å². The van der Waals surface area contributed by atoms with E-state index in [1.807, 2.05) is 0 Å². The lowest BCUT2D eigenvalue weighted by Crippen LogP contribution is -2.52. The lowest BCUT2D eigenvalue weighted by molar-refractivity contribution is 0.0864. The average Bonchev–Trinajstić information content (AvgIpc) is 2.23. The molecule has 2 atom stereocenters. The van der Waals surface area contributed by atoms with E-state index in [1.165, 1.54) is 38.8 Å². The van der Waals surface area contributed by atoms with Gasteiger partial charge in [-0.05, 0) is 50.7 Å². The van der Waals surface area contributed by atoms with Gasteiger partial charge in [0.2, 0.25) is 0 Å². The van der Waals surface area contributed by atoms with Crippen LogP contribution in [0.5, 0.6) is 0 Å². The molecular weight excluding hydrogens is 208 g/mol. The maximum Gasteiger partial charge on any atom is 0.0159 e. The van der Waals surface area contributed by atoms with Crippen LogP contribution in [0.1, 0.15) is 53.4 Å². The zero-order valence-electron chi connectivity index (χ0n) is 12.6. The molecule has 2 nitrogen and oxygen atoms in total. The smallest absolute Gasteiger partial charge is 0.0159 e. The molecule has 1 saturated carbocycles. The number of nitrogens with zero attached hydrogens (tertiary/aromatic N) is 1. The van der Waals surface area contributed by atoms with Crippen molar-refractivity contribution in [1.82, 2.24) is 10.2 Å². The highest BCUT2D eigenvalue weighted by atomic mass is 15.1. The van der Waals surface area contributed by atoms with Gasteiger partial charge >= 0.3 is 0 Å². The molecule has 1 aliphatic carbocycles. The van der Waals surface area contributed by atoms with Crippen LogP contribution in [0.2, 0.25) is 0 Å². The fraction of sp³-hybridized carbons (Fsp3) is 1.00. The summed E-state index contributed by atoms with van der Waals surface area (Å²) in [6, 6.07) is 0.695. The minimum absolute atomic E-state index is 0.464. The Balaban J connectivity index is 2.60. The van der Waals surface area contributed by atoms with Crippen molar-refractivity contribution in [3.8, 4) is 0 Å². The average molecular weight is 240 g/mol. The normalized spacial score (nSPS) is 28.6. The molecule has 2 heteroatoms. The lowest BCUT2D eigenvalue weighted by Gasteiger charge is -2.45. The highest BCUT2D eigenvalue weighted by Crippen LogP contribution is 2.39. The van der Waals surface area contributed by atoms with Gasteiger partial charge in [-0.3, -0.25) is 0 Å². The third kappa shape index (κ3) is 4.26. The van der Waals surface area contributed by atoms with Crippen molar-refractivity contribution in [3.05, 3.63) is 0 Å². The van der Waals surface area contributed by atoms with Crippen LogP contribution in [0.15, 0.2) is 0 Å². The van der Waals surface area contributed by atoms with E-state index in [2.05, 4.69) is 45.0 Å². The summed E-state index contributed by atoms with van der Waals surface area (Å²) in [6.45, 7) is 13.0. The molecule has 1 rings (SSSR count). The summed E-state index contributed by atoms with van der Waals surface area (Å²) >= 11 is 0. The largest absolute Gasteiger partial charge is 0.313 e. The molecule has 0 radical (unpaired) electrons. The Bertz CT molecular complexity index is 213. The second-order valence-corrected chi connectivity index (χ2v) is 6.44. The molecule has 0 aromatic rings. The van der Waals surface area contributed by atoms with Crippen molar-refractivity contribution in [1.29, 1.82) is 0 Å². The van der Waals surface area contributed by atoms with Gasteiger partial charge in [0.05, 0.1) is 0 Å². The molecule has 0 saturated heterocycles. The van der Waals surface area contributed by atoms with Crippen LogP contribution in [0, 0.1) is 11.3 Å². The van der Waals surface area contributed by atoms with E-state index in [0.29, 0.717) is 11.5 Å². The molecule has 1 N–H and O–H groups in total. The Labute approximate surface area is 108 Å². The van der Waals surface area contributed by atoms with Crippen LogP contribution in [0.4, 0.5) is 0 Å². The zero-order chi connectivity index (χ0) is 12.9. The van der Waals surface area contributed by atoms with Crippen molar-refractivity contribution in [3.63, 3.8) is 0 Å². The molecule has 0 heterocycles. The Hall–Kier alpha value is -0.0800. The molecule has 0 bridgehead atoms. The maximum absolute atomic E-state index is 3.75. The Morgan fingerprint density at radius 3 is 2.59 bits per heavy atom. The van der Waals surface area contributed by atoms with Crippen LogP contribution >= 0.6 is 0 Å². The summed E-state index contributed by atoms with van der Waals surface area (Å²) in [5.74, 6) is 0.829. The predicted octanol–water partition coefficient (Wildman–Crippen LogP) is 3.13. The zero-order valence-corrected chi connectivity index (χ0v) is 12.6. The van der Waals surface area contributed by atoms with Gasteiger partial charge in [0.1, 0.15) is 0 Å². The van der Waals surface area contributed by atoms with E-state index >= 15 is 0 Å².